The highest BCUT2D eigenvalue weighted by Crippen LogP contribution is 2.74. The topological polar surface area (TPSA) is 38.5 Å². The van der Waals surface area contributed by atoms with Crippen molar-refractivity contribution in [3.8, 4) is 5.75 Å². The van der Waals surface area contributed by atoms with Gasteiger partial charge in [-0.25, -0.2) is 0 Å². The van der Waals surface area contributed by atoms with Gasteiger partial charge >= 0.3 is 0 Å². The summed E-state index contributed by atoms with van der Waals surface area (Å²) < 4.78 is 5.51. The number of ether oxygens (including phenoxy) is 1. The van der Waals surface area contributed by atoms with Gasteiger partial charge in [0.05, 0.1) is 12.8 Å². The zero-order chi connectivity index (χ0) is 14.4. The summed E-state index contributed by atoms with van der Waals surface area (Å²) in [5.41, 5.74) is 11.1. The Balaban J connectivity index is 1.72. The minimum absolute atomic E-state index is 0.433. The third kappa shape index (κ3) is 1.22. The number of nitrogen functional groups attached to an aromatic ring is 1. The summed E-state index contributed by atoms with van der Waals surface area (Å²) in [6.45, 7) is 1.31. The van der Waals surface area contributed by atoms with Crippen LogP contribution >= 0.6 is 0 Å². The Morgan fingerprint density at radius 2 is 2.19 bits per heavy atom. The molecule has 0 aromatic heterocycles. The first-order chi connectivity index (χ1) is 10.1. The van der Waals surface area contributed by atoms with Gasteiger partial charge in [-0.1, -0.05) is 6.42 Å². The highest BCUT2D eigenvalue weighted by atomic mass is 16.5. The van der Waals surface area contributed by atoms with E-state index in [0.717, 1.165) is 23.4 Å². The molecule has 3 fully saturated rings. The maximum absolute atomic E-state index is 6.17. The van der Waals surface area contributed by atoms with Crippen molar-refractivity contribution in [3.63, 3.8) is 0 Å². The second-order valence-corrected chi connectivity index (χ2v) is 7.96. The van der Waals surface area contributed by atoms with E-state index in [1.54, 1.807) is 12.7 Å². The molecule has 112 valence electrons. The first-order valence-corrected chi connectivity index (χ1v) is 8.27. The first-order valence-electron chi connectivity index (χ1n) is 8.27. The highest BCUT2D eigenvalue weighted by Gasteiger charge is 2.72. The first kappa shape index (κ1) is 12.3. The fraction of sp³-hybridized carbons (Fsp3) is 0.667. The van der Waals surface area contributed by atoms with Crippen molar-refractivity contribution in [1.29, 1.82) is 0 Å². The number of hydrogen-bond acceptors (Lipinski definition) is 3. The molecule has 0 spiro atoms. The molecule has 5 rings (SSSR count). The molecule has 3 heteroatoms. The molecule has 0 radical (unpaired) electrons. The van der Waals surface area contributed by atoms with Gasteiger partial charge in [0.1, 0.15) is 5.75 Å². The number of nitrogens with two attached hydrogens (primary N) is 1. The summed E-state index contributed by atoms with van der Waals surface area (Å²) in [5, 5.41) is 0. The average Bonchev–Trinajstić information content (AvgIpc) is 2.69. The SMILES string of the molecule is COc1cc2c(cc1N)CC1C3C4(CCCC23C4)CN1C. The maximum atomic E-state index is 6.17. The lowest BCUT2D eigenvalue weighted by Gasteiger charge is -2.67. The van der Waals surface area contributed by atoms with Crippen LogP contribution in [-0.2, 0) is 11.8 Å². The molecule has 2 saturated carbocycles. The van der Waals surface area contributed by atoms with Crippen LogP contribution in [-0.4, -0.2) is 31.6 Å². The lowest BCUT2D eigenvalue weighted by molar-refractivity contribution is -0.101. The van der Waals surface area contributed by atoms with Gasteiger partial charge in [0, 0.05) is 18.0 Å². The van der Waals surface area contributed by atoms with E-state index in [-0.39, 0.29) is 0 Å². The quantitative estimate of drug-likeness (QED) is 0.806. The van der Waals surface area contributed by atoms with Crippen LogP contribution in [0.5, 0.6) is 5.75 Å². The fourth-order valence-electron chi connectivity index (χ4n) is 6.77. The van der Waals surface area contributed by atoms with Crippen LogP contribution in [0.3, 0.4) is 0 Å². The van der Waals surface area contributed by atoms with E-state index in [0.29, 0.717) is 10.8 Å². The van der Waals surface area contributed by atoms with E-state index < -0.39 is 0 Å². The molecule has 1 aromatic carbocycles. The molecule has 4 atom stereocenters. The van der Waals surface area contributed by atoms with Gasteiger partial charge < -0.3 is 15.4 Å². The van der Waals surface area contributed by atoms with Gasteiger partial charge in [0.15, 0.2) is 0 Å². The second-order valence-electron chi connectivity index (χ2n) is 7.96. The zero-order valence-corrected chi connectivity index (χ0v) is 13.0. The summed E-state index contributed by atoms with van der Waals surface area (Å²) in [6.07, 6.45) is 6.77. The van der Waals surface area contributed by atoms with Gasteiger partial charge in [0.2, 0.25) is 0 Å². The molecule has 21 heavy (non-hydrogen) atoms. The predicted octanol–water partition coefficient (Wildman–Crippen LogP) is 2.58. The Labute approximate surface area is 126 Å². The minimum atomic E-state index is 0.433. The monoisotopic (exact) mass is 284 g/mol. The maximum Gasteiger partial charge on any atom is 0.142 e. The molecule has 4 aliphatic rings. The van der Waals surface area contributed by atoms with Crippen molar-refractivity contribution >= 4 is 5.69 Å². The number of hydrogen-bond donors (Lipinski definition) is 1. The number of nitrogens with zero attached hydrogens (tertiary/aromatic N) is 1. The number of benzene rings is 1. The van der Waals surface area contributed by atoms with Gasteiger partial charge in [0.25, 0.3) is 0 Å². The van der Waals surface area contributed by atoms with Gasteiger partial charge in [-0.2, -0.15) is 0 Å². The molecule has 1 aliphatic heterocycles. The van der Waals surface area contributed by atoms with Crippen LogP contribution in [0.4, 0.5) is 5.69 Å². The fourth-order valence-corrected chi connectivity index (χ4v) is 6.77. The largest absolute Gasteiger partial charge is 0.495 e. The Hall–Kier alpha value is -1.22. The van der Waals surface area contributed by atoms with Crippen LogP contribution in [0, 0.1) is 11.3 Å². The Morgan fingerprint density at radius 3 is 3.00 bits per heavy atom. The average molecular weight is 284 g/mol. The van der Waals surface area contributed by atoms with Crippen LogP contribution in [0.1, 0.15) is 36.8 Å². The van der Waals surface area contributed by atoms with Crippen LogP contribution in [0.15, 0.2) is 12.1 Å². The molecule has 2 N–H and O–H groups in total. The number of fused-ring (bicyclic) bond motifs is 1. The van der Waals surface area contributed by atoms with E-state index in [1.165, 1.54) is 44.2 Å². The van der Waals surface area contributed by atoms with E-state index in [2.05, 4.69) is 24.1 Å². The molecule has 2 bridgehead atoms. The number of likely N-dealkylation sites (tertiary alicyclic amines) is 1. The number of rotatable bonds is 1. The van der Waals surface area contributed by atoms with Crippen molar-refractivity contribution in [2.24, 2.45) is 11.3 Å². The molecule has 4 unspecified atom stereocenters. The zero-order valence-electron chi connectivity index (χ0n) is 13.0. The summed E-state index contributed by atoms with van der Waals surface area (Å²) in [5.74, 6) is 1.75. The summed E-state index contributed by atoms with van der Waals surface area (Å²) in [6, 6.07) is 5.20. The molecule has 3 aliphatic carbocycles. The van der Waals surface area contributed by atoms with Crippen molar-refractivity contribution in [2.75, 3.05) is 26.4 Å². The van der Waals surface area contributed by atoms with Gasteiger partial charge in [-0.15, -0.1) is 0 Å². The normalized spacial score (nSPS) is 43.0. The van der Waals surface area contributed by atoms with Crippen molar-refractivity contribution in [3.05, 3.63) is 23.3 Å². The Kier molecular flexibility index (Phi) is 2.10. The Bertz CT molecular complexity index is 642. The predicted molar refractivity (Wildman–Crippen MR) is 83.6 cm³/mol. The summed E-state index contributed by atoms with van der Waals surface area (Å²) >= 11 is 0. The van der Waals surface area contributed by atoms with E-state index in [4.69, 9.17) is 10.5 Å². The standard InChI is InChI=1S/C18H24N2O/c1-20-10-17-4-3-5-18(9-17)12-8-15(21-2)13(19)6-11(12)7-14(20)16(17)18/h6,8,14,16H,3-5,7,9-10,19H2,1-2H3. The molecule has 0 amide bonds. The molecule has 1 aromatic rings. The molecular formula is C18H24N2O. The highest BCUT2D eigenvalue weighted by molar-refractivity contribution is 5.61. The molecule has 1 saturated heterocycles. The number of anilines is 1. The smallest absolute Gasteiger partial charge is 0.142 e. The third-order valence-corrected chi connectivity index (χ3v) is 7.16. The summed E-state index contributed by atoms with van der Waals surface area (Å²) in [7, 11) is 4.06. The summed E-state index contributed by atoms with van der Waals surface area (Å²) in [4.78, 5) is 2.64. The van der Waals surface area contributed by atoms with Crippen LogP contribution in [0.25, 0.3) is 0 Å². The minimum Gasteiger partial charge on any atom is -0.495 e. The van der Waals surface area contributed by atoms with Crippen LogP contribution in [0.2, 0.25) is 0 Å². The number of methoxy groups -OCH3 is 1. The number of likely N-dealkylation sites (N-methyl/N-ethyl adjacent to an activating group) is 1. The second kappa shape index (κ2) is 3.57. The van der Waals surface area contributed by atoms with Crippen molar-refractivity contribution in [2.45, 2.75) is 43.6 Å². The molecule has 1 heterocycles. The third-order valence-electron chi connectivity index (χ3n) is 7.16. The van der Waals surface area contributed by atoms with Gasteiger partial charge in [-0.3, -0.25) is 0 Å². The molecule has 3 nitrogen and oxygen atoms in total. The van der Waals surface area contributed by atoms with E-state index >= 15 is 0 Å². The van der Waals surface area contributed by atoms with E-state index in [1.807, 2.05) is 0 Å². The lowest BCUT2D eigenvalue weighted by Crippen LogP contribution is -2.65. The van der Waals surface area contributed by atoms with Crippen LogP contribution < -0.4 is 10.5 Å². The molecular weight excluding hydrogens is 260 g/mol. The van der Waals surface area contributed by atoms with Gasteiger partial charge in [-0.05, 0) is 67.3 Å². The lowest BCUT2D eigenvalue weighted by atomic mass is 9.36. The van der Waals surface area contributed by atoms with Crippen molar-refractivity contribution in [1.82, 2.24) is 4.90 Å². The van der Waals surface area contributed by atoms with Crippen molar-refractivity contribution < 1.29 is 4.74 Å². The Morgan fingerprint density at radius 1 is 1.33 bits per heavy atom. The van der Waals surface area contributed by atoms with E-state index in [9.17, 15) is 0 Å².